The molecule has 6 rings (SSSR count). The Morgan fingerprint density at radius 1 is 0.814 bits per heavy atom. The van der Waals surface area contributed by atoms with Crippen LogP contribution in [0, 0.1) is 11.8 Å². The Morgan fingerprint density at radius 3 is 2.30 bits per heavy atom. The molecule has 0 unspecified atom stereocenters. The molecule has 3 heterocycles. The second-order valence-electron chi connectivity index (χ2n) is 9.97. The van der Waals surface area contributed by atoms with Crippen molar-refractivity contribution in [3.05, 3.63) is 126 Å². The highest BCUT2D eigenvalue weighted by molar-refractivity contribution is 5.97. The SMILES string of the molecule is Nc1ccc(CCC(=O)NCc2cc3cc(-c4ccc(Oc5ccc(F)nc5)cc4)cc(-c4ccc(F)cc4)c3o2)cn1. The molecule has 0 aliphatic rings. The molecule has 7 nitrogen and oxygen atoms in total. The van der Waals surface area contributed by atoms with E-state index in [0.29, 0.717) is 41.5 Å². The van der Waals surface area contributed by atoms with Gasteiger partial charge in [-0.25, -0.2) is 14.4 Å². The van der Waals surface area contributed by atoms with Gasteiger partial charge < -0.3 is 20.2 Å². The van der Waals surface area contributed by atoms with E-state index in [1.54, 1.807) is 24.4 Å². The Morgan fingerprint density at radius 2 is 1.58 bits per heavy atom. The summed E-state index contributed by atoms with van der Waals surface area (Å²) in [4.78, 5) is 20.2. The summed E-state index contributed by atoms with van der Waals surface area (Å²) in [5.41, 5.74) is 10.6. The number of nitrogens with one attached hydrogen (secondary N) is 1. The standard InChI is InChI=1S/C34H26F2N4O3/c35-26-7-3-23(4-8-26)30-17-24(22-5-9-27(10-6-22)42-28-11-12-31(36)38-19-28)15-25-16-29(43-34(25)30)20-40-33(41)14-2-21-1-13-32(37)39-18-21/h1,3-13,15-19H,2,14,20H2,(H2,37,39)(H,40,41). The number of hydrogen-bond acceptors (Lipinski definition) is 6. The van der Waals surface area contributed by atoms with E-state index in [0.717, 1.165) is 33.2 Å². The number of nitrogen functional groups attached to an aromatic ring is 1. The number of furan rings is 1. The maximum Gasteiger partial charge on any atom is 0.220 e. The number of carbonyl (C=O) groups is 1. The number of aromatic nitrogens is 2. The predicted octanol–water partition coefficient (Wildman–Crippen LogP) is 7.46. The number of amides is 1. The fraction of sp³-hybridized carbons (Fsp3) is 0.0882. The van der Waals surface area contributed by atoms with Crippen LogP contribution in [0.2, 0.25) is 0 Å². The number of ether oxygens (including phenoxy) is 1. The zero-order chi connectivity index (χ0) is 29.8. The van der Waals surface area contributed by atoms with Gasteiger partial charge in [0, 0.05) is 23.6 Å². The molecule has 0 saturated carbocycles. The number of carbonyl (C=O) groups excluding carboxylic acids is 1. The molecule has 6 aromatic rings. The van der Waals surface area contributed by atoms with Crippen LogP contribution in [0.5, 0.6) is 11.5 Å². The van der Waals surface area contributed by atoms with Crippen molar-refractivity contribution in [2.75, 3.05) is 5.73 Å². The van der Waals surface area contributed by atoms with Crippen molar-refractivity contribution in [3.8, 4) is 33.8 Å². The number of hydrogen-bond donors (Lipinski definition) is 2. The van der Waals surface area contributed by atoms with Gasteiger partial charge in [-0.3, -0.25) is 4.79 Å². The van der Waals surface area contributed by atoms with Gasteiger partial charge in [0.1, 0.15) is 34.5 Å². The number of nitrogens with zero attached hydrogens (tertiary/aromatic N) is 2. The topological polar surface area (TPSA) is 103 Å². The quantitative estimate of drug-likeness (QED) is 0.173. The number of fused-ring (bicyclic) bond motifs is 1. The molecule has 9 heteroatoms. The third kappa shape index (κ3) is 6.68. The van der Waals surface area contributed by atoms with Crippen LogP contribution in [-0.2, 0) is 17.8 Å². The summed E-state index contributed by atoms with van der Waals surface area (Å²) >= 11 is 0. The van der Waals surface area contributed by atoms with Gasteiger partial charge in [0.2, 0.25) is 11.9 Å². The van der Waals surface area contributed by atoms with Gasteiger partial charge in [-0.05, 0) is 89.3 Å². The summed E-state index contributed by atoms with van der Waals surface area (Å²) in [6.07, 6.45) is 3.83. The lowest BCUT2D eigenvalue weighted by atomic mass is 9.96. The van der Waals surface area contributed by atoms with E-state index in [9.17, 15) is 13.6 Å². The average Bonchev–Trinajstić information content (AvgIpc) is 3.44. The van der Waals surface area contributed by atoms with Crippen molar-refractivity contribution in [1.82, 2.24) is 15.3 Å². The van der Waals surface area contributed by atoms with Crippen molar-refractivity contribution in [2.24, 2.45) is 0 Å². The third-order valence-corrected chi connectivity index (χ3v) is 6.89. The number of rotatable bonds is 9. The molecule has 0 spiro atoms. The van der Waals surface area contributed by atoms with Gasteiger partial charge in [-0.15, -0.1) is 0 Å². The van der Waals surface area contributed by atoms with Crippen molar-refractivity contribution in [3.63, 3.8) is 0 Å². The molecule has 0 bridgehead atoms. The number of pyridine rings is 2. The van der Waals surface area contributed by atoms with Crippen LogP contribution in [0.15, 0.2) is 108 Å². The number of halogens is 2. The first-order valence-electron chi connectivity index (χ1n) is 13.6. The molecule has 3 aromatic heterocycles. The van der Waals surface area contributed by atoms with Gasteiger partial charge in [0.15, 0.2) is 0 Å². The van der Waals surface area contributed by atoms with Crippen LogP contribution in [0.3, 0.4) is 0 Å². The molecule has 0 aliphatic carbocycles. The van der Waals surface area contributed by atoms with E-state index in [1.807, 2.05) is 48.5 Å². The van der Waals surface area contributed by atoms with E-state index < -0.39 is 5.95 Å². The lowest BCUT2D eigenvalue weighted by Gasteiger charge is -2.10. The molecule has 3 aromatic carbocycles. The molecular weight excluding hydrogens is 550 g/mol. The fourth-order valence-electron chi connectivity index (χ4n) is 4.69. The van der Waals surface area contributed by atoms with Crippen LogP contribution >= 0.6 is 0 Å². The number of anilines is 1. The van der Waals surface area contributed by atoms with Gasteiger partial charge in [0.25, 0.3) is 0 Å². The first-order chi connectivity index (χ1) is 20.9. The van der Waals surface area contributed by atoms with E-state index in [1.165, 1.54) is 30.5 Å². The lowest BCUT2D eigenvalue weighted by molar-refractivity contribution is -0.121. The maximum absolute atomic E-state index is 13.7. The van der Waals surface area contributed by atoms with Gasteiger partial charge in [0.05, 0.1) is 12.7 Å². The van der Waals surface area contributed by atoms with E-state index in [2.05, 4.69) is 15.3 Å². The lowest BCUT2D eigenvalue weighted by Crippen LogP contribution is -2.22. The van der Waals surface area contributed by atoms with Crippen molar-refractivity contribution in [1.29, 1.82) is 0 Å². The summed E-state index contributed by atoms with van der Waals surface area (Å²) in [7, 11) is 0. The Hall–Kier alpha value is -5.57. The third-order valence-electron chi connectivity index (χ3n) is 6.89. The molecule has 0 atom stereocenters. The van der Waals surface area contributed by atoms with Gasteiger partial charge >= 0.3 is 0 Å². The molecule has 3 N–H and O–H groups in total. The summed E-state index contributed by atoms with van der Waals surface area (Å²) in [6, 6.07) is 25.9. The van der Waals surface area contributed by atoms with E-state index >= 15 is 0 Å². The molecule has 0 aliphatic heterocycles. The minimum Gasteiger partial charge on any atom is -0.459 e. The highest BCUT2D eigenvalue weighted by atomic mass is 19.1. The van der Waals surface area contributed by atoms with Crippen molar-refractivity contribution < 1.29 is 22.7 Å². The second-order valence-corrected chi connectivity index (χ2v) is 9.97. The van der Waals surface area contributed by atoms with Crippen LogP contribution in [-0.4, -0.2) is 15.9 Å². The van der Waals surface area contributed by atoms with Crippen LogP contribution in [0.4, 0.5) is 14.6 Å². The number of aryl methyl sites for hydroxylation is 1. The molecular formula is C34H26F2N4O3. The molecule has 214 valence electrons. The second kappa shape index (κ2) is 12.1. The van der Waals surface area contributed by atoms with Gasteiger partial charge in [-0.1, -0.05) is 30.3 Å². The maximum atomic E-state index is 13.7. The van der Waals surface area contributed by atoms with Crippen LogP contribution in [0.25, 0.3) is 33.2 Å². The zero-order valence-corrected chi connectivity index (χ0v) is 22.9. The molecule has 0 saturated heterocycles. The Kier molecular flexibility index (Phi) is 7.78. The van der Waals surface area contributed by atoms with Crippen LogP contribution < -0.4 is 15.8 Å². The van der Waals surface area contributed by atoms with Crippen molar-refractivity contribution >= 4 is 22.7 Å². The Balaban J connectivity index is 1.23. The minimum atomic E-state index is -0.577. The average molecular weight is 577 g/mol. The van der Waals surface area contributed by atoms with E-state index in [-0.39, 0.29) is 18.3 Å². The first-order valence-corrected chi connectivity index (χ1v) is 13.6. The van der Waals surface area contributed by atoms with Gasteiger partial charge in [-0.2, -0.15) is 4.39 Å². The smallest absolute Gasteiger partial charge is 0.220 e. The fourth-order valence-corrected chi connectivity index (χ4v) is 4.69. The van der Waals surface area contributed by atoms with Crippen LogP contribution in [0.1, 0.15) is 17.7 Å². The normalized spacial score (nSPS) is 11.0. The molecule has 1 amide bonds. The summed E-state index contributed by atoms with van der Waals surface area (Å²) in [5.74, 6) is 1.00. The molecule has 0 fully saturated rings. The Labute approximate surface area is 246 Å². The minimum absolute atomic E-state index is 0.115. The zero-order valence-electron chi connectivity index (χ0n) is 22.9. The summed E-state index contributed by atoms with van der Waals surface area (Å²) < 4.78 is 38.8. The monoisotopic (exact) mass is 576 g/mol. The predicted molar refractivity (Wildman–Crippen MR) is 160 cm³/mol. The van der Waals surface area contributed by atoms with Crippen molar-refractivity contribution in [2.45, 2.75) is 19.4 Å². The summed E-state index contributed by atoms with van der Waals surface area (Å²) in [6.45, 7) is 0.218. The highest BCUT2D eigenvalue weighted by Gasteiger charge is 2.15. The highest BCUT2D eigenvalue weighted by Crippen LogP contribution is 2.37. The number of benzene rings is 3. The largest absolute Gasteiger partial charge is 0.459 e. The molecule has 0 radical (unpaired) electrons. The van der Waals surface area contributed by atoms with E-state index in [4.69, 9.17) is 14.9 Å². The number of nitrogens with two attached hydrogens (primary N) is 1. The Bertz CT molecular complexity index is 1870. The summed E-state index contributed by atoms with van der Waals surface area (Å²) in [5, 5.41) is 3.76. The first kappa shape index (κ1) is 27.6. The molecule has 43 heavy (non-hydrogen) atoms.